The molecule has 0 aromatic heterocycles. The van der Waals surface area contributed by atoms with Crippen LogP contribution < -0.4 is 16.0 Å². The molecule has 6 heteroatoms. The fourth-order valence-electron chi connectivity index (χ4n) is 1.48. The van der Waals surface area contributed by atoms with E-state index in [4.69, 9.17) is 5.11 Å². The number of aliphatic carboxylic acids is 1. The highest BCUT2D eigenvalue weighted by molar-refractivity contribution is 5.82. The van der Waals surface area contributed by atoms with Gasteiger partial charge in [0.05, 0.1) is 0 Å². The van der Waals surface area contributed by atoms with Crippen molar-refractivity contribution in [1.29, 1.82) is 0 Å². The predicted molar refractivity (Wildman–Crippen MR) is 68.4 cm³/mol. The first-order chi connectivity index (χ1) is 8.63. The largest absolute Gasteiger partial charge is 0.480 e. The second kappa shape index (κ2) is 7.71. The first-order valence-electron chi connectivity index (χ1n) is 6.25. The molecule has 0 aliphatic heterocycles. The van der Waals surface area contributed by atoms with Crippen LogP contribution in [0.25, 0.3) is 0 Å². The van der Waals surface area contributed by atoms with Crippen LogP contribution >= 0.6 is 0 Å². The van der Waals surface area contributed by atoms with Crippen molar-refractivity contribution in [3.8, 4) is 0 Å². The fourth-order valence-corrected chi connectivity index (χ4v) is 1.48. The Kier molecular flexibility index (Phi) is 6.21. The average Bonchev–Trinajstić information content (AvgIpc) is 3.12. The molecule has 102 valence electrons. The Morgan fingerprint density at radius 1 is 1.39 bits per heavy atom. The van der Waals surface area contributed by atoms with Gasteiger partial charge in [-0.2, -0.15) is 0 Å². The van der Waals surface area contributed by atoms with Crippen molar-refractivity contribution >= 4 is 12.0 Å². The first-order valence-corrected chi connectivity index (χ1v) is 6.25. The van der Waals surface area contributed by atoms with Crippen molar-refractivity contribution in [3.05, 3.63) is 12.7 Å². The average molecular weight is 255 g/mol. The van der Waals surface area contributed by atoms with Gasteiger partial charge < -0.3 is 21.1 Å². The van der Waals surface area contributed by atoms with Gasteiger partial charge in [-0.3, -0.25) is 0 Å². The summed E-state index contributed by atoms with van der Waals surface area (Å²) < 4.78 is 0. The zero-order chi connectivity index (χ0) is 13.4. The lowest BCUT2D eigenvalue weighted by atomic mass is 10.2. The van der Waals surface area contributed by atoms with E-state index >= 15 is 0 Å². The Balaban J connectivity index is 2.06. The molecule has 1 atom stereocenters. The molecule has 1 aliphatic carbocycles. The lowest BCUT2D eigenvalue weighted by molar-refractivity contribution is -0.139. The number of carbonyl (C=O) groups excluding carboxylic acids is 1. The van der Waals surface area contributed by atoms with Crippen molar-refractivity contribution in [3.63, 3.8) is 0 Å². The van der Waals surface area contributed by atoms with Crippen molar-refractivity contribution in [1.82, 2.24) is 16.0 Å². The van der Waals surface area contributed by atoms with Crippen LogP contribution in [0.5, 0.6) is 0 Å². The van der Waals surface area contributed by atoms with Crippen LogP contribution in [0.2, 0.25) is 0 Å². The zero-order valence-electron chi connectivity index (χ0n) is 10.4. The molecule has 0 bridgehead atoms. The molecule has 6 nitrogen and oxygen atoms in total. The SMILES string of the molecule is C=CCC(NC(=O)NCCCNC1CC1)C(=O)O. The smallest absolute Gasteiger partial charge is 0.326 e. The van der Waals surface area contributed by atoms with Gasteiger partial charge in [-0.1, -0.05) is 6.08 Å². The number of carboxylic acids is 1. The molecular weight excluding hydrogens is 234 g/mol. The lowest BCUT2D eigenvalue weighted by Gasteiger charge is -2.13. The van der Waals surface area contributed by atoms with Crippen LogP contribution in [0.1, 0.15) is 25.7 Å². The Morgan fingerprint density at radius 3 is 2.67 bits per heavy atom. The summed E-state index contributed by atoms with van der Waals surface area (Å²) in [7, 11) is 0. The first kappa shape index (κ1) is 14.5. The Hall–Kier alpha value is -1.56. The molecule has 0 spiro atoms. The Morgan fingerprint density at radius 2 is 2.11 bits per heavy atom. The highest BCUT2D eigenvalue weighted by Crippen LogP contribution is 2.18. The topological polar surface area (TPSA) is 90.5 Å². The van der Waals surface area contributed by atoms with E-state index in [1.54, 1.807) is 0 Å². The molecule has 1 saturated carbocycles. The van der Waals surface area contributed by atoms with Crippen molar-refractivity contribution in [2.45, 2.75) is 37.8 Å². The van der Waals surface area contributed by atoms with Crippen molar-refractivity contribution < 1.29 is 14.7 Å². The Labute approximate surface area is 107 Å². The minimum atomic E-state index is -1.06. The minimum Gasteiger partial charge on any atom is -0.480 e. The number of nitrogens with one attached hydrogen (secondary N) is 3. The normalized spacial score (nSPS) is 15.8. The lowest BCUT2D eigenvalue weighted by Crippen LogP contribution is -2.46. The van der Waals surface area contributed by atoms with E-state index in [1.807, 2.05) is 0 Å². The third-order valence-corrected chi connectivity index (χ3v) is 2.66. The van der Waals surface area contributed by atoms with E-state index in [2.05, 4.69) is 22.5 Å². The van der Waals surface area contributed by atoms with Gasteiger partial charge in [-0.15, -0.1) is 6.58 Å². The minimum absolute atomic E-state index is 0.214. The van der Waals surface area contributed by atoms with Crippen molar-refractivity contribution in [2.24, 2.45) is 0 Å². The standard InChI is InChI=1S/C12H21N3O3/c1-2-4-10(11(16)17)15-12(18)14-8-3-7-13-9-5-6-9/h2,9-10,13H,1,3-8H2,(H,16,17)(H2,14,15,18). The van der Waals surface area contributed by atoms with Crippen LogP contribution in [0.4, 0.5) is 4.79 Å². The van der Waals surface area contributed by atoms with E-state index in [1.165, 1.54) is 18.9 Å². The number of urea groups is 1. The second-order valence-electron chi connectivity index (χ2n) is 4.40. The summed E-state index contributed by atoms with van der Waals surface area (Å²) >= 11 is 0. The third-order valence-electron chi connectivity index (χ3n) is 2.66. The number of amides is 2. The summed E-state index contributed by atoms with van der Waals surface area (Å²) in [5.74, 6) is -1.06. The molecule has 18 heavy (non-hydrogen) atoms. The number of hydrogen-bond acceptors (Lipinski definition) is 3. The summed E-state index contributed by atoms with van der Waals surface area (Å²) in [6.45, 7) is 4.86. The van der Waals surface area contributed by atoms with Gasteiger partial charge in [-0.05, 0) is 32.2 Å². The van der Waals surface area contributed by atoms with Crippen LogP contribution in [0.3, 0.4) is 0 Å². The number of carbonyl (C=O) groups is 2. The Bertz CT molecular complexity index is 303. The maximum atomic E-state index is 11.4. The third kappa shape index (κ3) is 6.24. The highest BCUT2D eigenvalue weighted by atomic mass is 16.4. The van der Waals surface area contributed by atoms with Crippen LogP contribution in [-0.4, -0.2) is 42.3 Å². The second-order valence-corrected chi connectivity index (χ2v) is 4.40. The molecule has 4 N–H and O–H groups in total. The van der Waals surface area contributed by atoms with Gasteiger partial charge in [0.15, 0.2) is 0 Å². The maximum Gasteiger partial charge on any atom is 0.326 e. The van der Waals surface area contributed by atoms with Crippen LogP contribution in [0, 0.1) is 0 Å². The van der Waals surface area contributed by atoms with Crippen LogP contribution in [0.15, 0.2) is 12.7 Å². The highest BCUT2D eigenvalue weighted by Gasteiger charge is 2.20. The molecule has 1 unspecified atom stereocenters. The van der Waals surface area contributed by atoms with E-state index in [0.717, 1.165) is 13.0 Å². The van der Waals surface area contributed by atoms with E-state index in [9.17, 15) is 9.59 Å². The number of rotatable bonds is 9. The molecule has 1 fully saturated rings. The molecule has 0 radical (unpaired) electrons. The molecule has 1 rings (SSSR count). The van der Waals surface area contributed by atoms with Gasteiger partial charge in [0.1, 0.15) is 6.04 Å². The summed E-state index contributed by atoms with van der Waals surface area (Å²) in [4.78, 5) is 22.2. The molecular formula is C12H21N3O3. The monoisotopic (exact) mass is 255 g/mol. The quantitative estimate of drug-likeness (QED) is 0.356. The van der Waals surface area contributed by atoms with E-state index in [0.29, 0.717) is 12.6 Å². The molecule has 0 saturated heterocycles. The summed E-state index contributed by atoms with van der Waals surface area (Å²) in [6, 6.07) is -0.689. The molecule has 0 aromatic carbocycles. The predicted octanol–water partition coefficient (Wildman–Crippen LogP) is 0.457. The summed E-state index contributed by atoms with van der Waals surface area (Å²) in [6.07, 6.45) is 5.01. The molecule has 0 heterocycles. The van der Waals surface area contributed by atoms with Crippen LogP contribution in [-0.2, 0) is 4.79 Å². The fraction of sp³-hybridized carbons (Fsp3) is 0.667. The van der Waals surface area contributed by atoms with E-state index in [-0.39, 0.29) is 6.42 Å². The van der Waals surface area contributed by atoms with Crippen molar-refractivity contribution in [2.75, 3.05) is 13.1 Å². The summed E-state index contributed by atoms with van der Waals surface area (Å²) in [5.41, 5.74) is 0. The van der Waals surface area contributed by atoms with Gasteiger partial charge in [0.25, 0.3) is 0 Å². The number of hydrogen-bond donors (Lipinski definition) is 4. The summed E-state index contributed by atoms with van der Waals surface area (Å²) in [5, 5.41) is 17.2. The maximum absolute atomic E-state index is 11.4. The van der Waals surface area contributed by atoms with E-state index < -0.39 is 18.0 Å². The molecule has 2 amide bonds. The molecule has 1 aliphatic rings. The van der Waals surface area contributed by atoms with Gasteiger partial charge in [-0.25, -0.2) is 9.59 Å². The van der Waals surface area contributed by atoms with Gasteiger partial charge in [0, 0.05) is 12.6 Å². The molecule has 0 aromatic rings. The van der Waals surface area contributed by atoms with Gasteiger partial charge >= 0.3 is 12.0 Å². The number of carboxylic acid groups (broad SMARTS) is 1. The van der Waals surface area contributed by atoms with Gasteiger partial charge in [0.2, 0.25) is 0 Å². The zero-order valence-corrected chi connectivity index (χ0v) is 10.4.